The third kappa shape index (κ3) is 5.25. The van der Waals surface area contributed by atoms with Gasteiger partial charge >= 0.3 is 25.3 Å². The van der Waals surface area contributed by atoms with Gasteiger partial charge in [-0.2, -0.15) is 4.52 Å². The average Bonchev–Trinajstić information content (AvgIpc) is 3.38. The molecular weight excluding hydrogens is 494 g/mol. The van der Waals surface area contributed by atoms with Crippen molar-refractivity contribution in [2.24, 2.45) is 0 Å². The minimum Gasteiger partial charge on any atom is -0.872 e. The Morgan fingerprint density at radius 1 is 0.939 bits per heavy atom. The van der Waals surface area contributed by atoms with Crippen LogP contribution in [0.5, 0.6) is 5.75 Å². The first kappa shape index (κ1) is 29.0. The molecule has 2 aliphatic rings. The van der Waals surface area contributed by atoms with Crippen molar-refractivity contribution in [1.82, 2.24) is 45.1 Å². The van der Waals surface area contributed by atoms with Crippen LogP contribution in [0, 0.1) is 0 Å². The van der Waals surface area contributed by atoms with Gasteiger partial charge in [0.15, 0.2) is 5.43 Å². The van der Waals surface area contributed by atoms with Crippen molar-refractivity contribution in [3.8, 4) is 17.1 Å². The predicted molar refractivity (Wildman–Crippen MR) is 108 cm³/mol. The van der Waals surface area contributed by atoms with Crippen molar-refractivity contribution in [3.63, 3.8) is 0 Å². The summed E-state index contributed by atoms with van der Waals surface area (Å²) in [6.45, 7) is 0. The van der Waals surface area contributed by atoms with Crippen molar-refractivity contribution in [2.45, 2.75) is 0 Å². The molecule has 0 atom stereocenters. The van der Waals surface area contributed by atoms with Crippen molar-refractivity contribution >= 4 is 22.6 Å². The molecule has 16 nitrogen and oxygen atoms in total. The molecular formula is C16H19N10O6Zn+3. The second-order valence-corrected chi connectivity index (χ2v) is 5.64. The van der Waals surface area contributed by atoms with Crippen LogP contribution in [0.3, 0.4) is 0 Å². The van der Waals surface area contributed by atoms with Crippen LogP contribution in [-0.4, -0.2) is 40.5 Å². The van der Waals surface area contributed by atoms with E-state index in [-0.39, 0.29) is 52.6 Å². The van der Waals surface area contributed by atoms with Gasteiger partial charge in [-0.25, -0.2) is 10.2 Å². The van der Waals surface area contributed by atoms with Crippen LogP contribution >= 0.6 is 0 Å². The Balaban J connectivity index is 0.000000539. The van der Waals surface area contributed by atoms with E-state index in [9.17, 15) is 9.90 Å². The van der Waals surface area contributed by atoms with Crippen molar-refractivity contribution in [2.75, 3.05) is 0 Å². The maximum atomic E-state index is 11.1. The standard InChI is InChI=1S/2C8H5N5O.4H2O.Zn/c2*14-5-1-2-6-7(3-5)13-8(12-11-6)9-4-10-13;;;;;/h1-4H,(H,9,10,12,14);1-4,14H;4*1H2;/q;;;;;;+2/p+1. The summed E-state index contributed by atoms with van der Waals surface area (Å²) in [4.78, 5) is 18.9. The molecule has 1 aliphatic carbocycles. The minimum absolute atomic E-state index is 0. The summed E-state index contributed by atoms with van der Waals surface area (Å²) in [6.07, 6.45) is 2.75. The molecule has 0 bridgehead atoms. The molecule has 4 aromatic rings. The summed E-state index contributed by atoms with van der Waals surface area (Å²) in [5.41, 5.74) is 2.42. The number of aromatic nitrogens is 10. The Hall–Kier alpha value is -4.02. The quantitative estimate of drug-likeness (QED) is 0.106. The molecule has 0 amide bonds. The van der Waals surface area contributed by atoms with Crippen LogP contribution < -0.4 is 25.1 Å². The molecule has 0 saturated heterocycles. The van der Waals surface area contributed by atoms with Gasteiger partial charge < -0.3 is 41.6 Å². The summed E-state index contributed by atoms with van der Waals surface area (Å²) >= 11 is 0. The predicted octanol–water partition coefficient (Wildman–Crippen LogP) is -5.25. The molecule has 4 heterocycles. The van der Waals surface area contributed by atoms with E-state index < -0.39 is 0 Å². The zero-order valence-corrected chi connectivity index (χ0v) is 19.8. The number of benzene rings is 2. The molecule has 3 aromatic heterocycles. The molecule has 168 valence electrons. The largest absolute Gasteiger partial charge is 2.00 e. The van der Waals surface area contributed by atoms with E-state index in [1.54, 1.807) is 12.1 Å². The smallest absolute Gasteiger partial charge is 0.872 e. The number of nitrogens with zero attached hydrogens (tertiary/aromatic N) is 10. The van der Waals surface area contributed by atoms with Crippen LogP contribution in [0.25, 0.3) is 34.0 Å². The van der Waals surface area contributed by atoms with E-state index in [1.165, 1.54) is 46.0 Å². The van der Waals surface area contributed by atoms with Gasteiger partial charge in [0, 0.05) is 18.1 Å². The van der Waals surface area contributed by atoms with Crippen LogP contribution in [-0.2, 0) is 35.9 Å². The normalized spacial score (nSPS) is 9.45. The molecule has 17 heteroatoms. The van der Waals surface area contributed by atoms with Crippen LogP contribution in [0.15, 0.2) is 53.8 Å². The SMILES string of the molecule is O.O=c1ccc2nnc3[n-]cnn3c-2c1.[O-]c1ccc2nnc3nc[n-][n+]3c2c1.[OH3+].[OH3+].[OH3+].[Zn+2]. The van der Waals surface area contributed by atoms with Crippen molar-refractivity contribution < 1.29 is 51.0 Å². The van der Waals surface area contributed by atoms with Gasteiger partial charge in [-0.3, -0.25) is 9.89 Å². The molecule has 0 unspecified atom stereocenters. The van der Waals surface area contributed by atoms with E-state index in [0.717, 1.165) is 0 Å². The molecule has 11 N–H and O–H groups in total. The molecule has 0 saturated carbocycles. The summed E-state index contributed by atoms with van der Waals surface area (Å²) in [7, 11) is 0. The van der Waals surface area contributed by atoms with E-state index in [4.69, 9.17) is 0 Å². The second kappa shape index (κ2) is 11.6. The van der Waals surface area contributed by atoms with E-state index in [1.807, 2.05) is 0 Å². The Morgan fingerprint density at radius 3 is 2.52 bits per heavy atom. The monoisotopic (exact) mass is 511 g/mol. The third-order valence-electron chi connectivity index (χ3n) is 3.90. The van der Waals surface area contributed by atoms with E-state index in [0.29, 0.717) is 34.0 Å². The summed E-state index contributed by atoms with van der Waals surface area (Å²) in [6, 6.07) is 9.05. The van der Waals surface area contributed by atoms with Gasteiger partial charge in [-0.05, 0) is 24.3 Å². The van der Waals surface area contributed by atoms with Gasteiger partial charge in [0.05, 0.1) is 10.8 Å². The zero-order chi connectivity index (χ0) is 19.1. The Kier molecular flexibility index (Phi) is 10.2. The number of rotatable bonds is 0. The molecule has 0 fully saturated rings. The van der Waals surface area contributed by atoms with Crippen LogP contribution in [0.4, 0.5) is 0 Å². The minimum atomic E-state index is -0.0812. The average molecular weight is 513 g/mol. The number of hydrogen-bond donors (Lipinski definition) is 0. The molecule has 6 rings (SSSR count). The zero-order valence-electron chi connectivity index (χ0n) is 16.8. The molecule has 33 heavy (non-hydrogen) atoms. The molecule has 1 aromatic carbocycles. The first-order valence-electron chi connectivity index (χ1n) is 7.95. The fourth-order valence-electron chi connectivity index (χ4n) is 2.66. The van der Waals surface area contributed by atoms with Gasteiger partial charge in [-0.15, -0.1) is 5.75 Å². The Bertz CT molecular complexity index is 1490. The van der Waals surface area contributed by atoms with Crippen LogP contribution in [0.1, 0.15) is 0 Å². The molecule has 1 aliphatic heterocycles. The van der Waals surface area contributed by atoms with Gasteiger partial charge in [0.25, 0.3) is 0 Å². The Morgan fingerprint density at radius 2 is 1.73 bits per heavy atom. The maximum Gasteiger partial charge on any atom is 2.00 e. The third-order valence-corrected chi connectivity index (χ3v) is 3.90. The Labute approximate surface area is 195 Å². The molecule has 0 radical (unpaired) electrons. The van der Waals surface area contributed by atoms with Crippen molar-refractivity contribution in [3.05, 3.63) is 59.3 Å². The molecule has 0 spiro atoms. The first-order chi connectivity index (χ1) is 13.7. The number of fused-ring (bicyclic) bond motifs is 6. The fourth-order valence-corrected chi connectivity index (χ4v) is 2.66. The fraction of sp³-hybridized carbons (Fsp3) is 0. The summed E-state index contributed by atoms with van der Waals surface area (Å²) in [5, 5.41) is 34.5. The van der Waals surface area contributed by atoms with E-state index in [2.05, 4.69) is 40.6 Å². The topological polar surface area (TPSA) is 285 Å². The van der Waals surface area contributed by atoms with E-state index >= 15 is 0 Å². The maximum absolute atomic E-state index is 11.1. The van der Waals surface area contributed by atoms with Gasteiger partial charge in [0.1, 0.15) is 23.1 Å². The van der Waals surface area contributed by atoms with Crippen LogP contribution in [0.2, 0.25) is 0 Å². The summed E-state index contributed by atoms with van der Waals surface area (Å²) < 4.78 is 2.98. The second-order valence-electron chi connectivity index (χ2n) is 5.64. The summed E-state index contributed by atoms with van der Waals surface area (Å²) in [5.74, 6) is 0.702. The van der Waals surface area contributed by atoms with Gasteiger partial charge in [0.2, 0.25) is 0 Å². The first-order valence-corrected chi connectivity index (χ1v) is 7.95. The number of hydrogen-bond acceptors (Lipinski definition) is 8. The van der Waals surface area contributed by atoms with Gasteiger partial charge in [-0.1, -0.05) is 16.1 Å². The van der Waals surface area contributed by atoms with Crippen molar-refractivity contribution in [1.29, 1.82) is 0 Å².